The minimum absolute atomic E-state index is 0.0232. The van der Waals surface area contributed by atoms with Gasteiger partial charge in [-0.1, -0.05) is 64.9 Å². The van der Waals surface area contributed by atoms with Crippen LogP contribution in [0.3, 0.4) is 0 Å². The predicted molar refractivity (Wildman–Crippen MR) is 114 cm³/mol. The molecule has 1 N–H and O–H groups in total. The lowest BCUT2D eigenvalue weighted by Crippen LogP contribution is -2.32. The number of rotatable bonds is 6. The Bertz CT molecular complexity index is 981. The fraction of sp³-hybridized carbons (Fsp3) is 0.273. The van der Waals surface area contributed by atoms with Gasteiger partial charge in [0, 0.05) is 11.6 Å². The fourth-order valence-electron chi connectivity index (χ4n) is 2.35. The number of nitrogens with zero attached hydrogens (tertiary/aromatic N) is 1. The molecule has 1 unspecified atom stereocenters. The second-order valence-corrected chi connectivity index (χ2v) is 9.04. The van der Waals surface area contributed by atoms with Crippen LogP contribution in [-0.4, -0.2) is 30.9 Å². The van der Waals surface area contributed by atoms with E-state index in [-0.39, 0.29) is 18.0 Å². The summed E-state index contributed by atoms with van der Waals surface area (Å²) < 4.78 is 27.3. The van der Waals surface area contributed by atoms with Crippen molar-refractivity contribution in [3.05, 3.63) is 76.3 Å². The van der Waals surface area contributed by atoms with Crippen LogP contribution in [0.25, 0.3) is 0 Å². The monoisotopic (exact) mass is 417 g/mol. The topological polar surface area (TPSA) is 57.6 Å². The Balaban J connectivity index is 2.23. The van der Waals surface area contributed by atoms with Crippen LogP contribution >= 0.6 is 11.6 Å². The Morgan fingerprint density at radius 2 is 1.75 bits per heavy atom. The van der Waals surface area contributed by atoms with E-state index >= 15 is 0 Å². The summed E-state index contributed by atoms with van der Waals surface area (Å²) in [5, 5.41) is 10.8. The summed E-state index contributed by atoms with van der Waals surface area (Å²) in [6, 6.07) is 13.4. The summed E-state index contributed by atoms with van der Waals surface area (Å²) in [5.41, 5.74) is 2.60. The van der Waals surface area contributed by atoms with Gasteiger partial charge in [-0.2, -0.15) is 4.31 Å². The first-order valence-electron chi connectivity index (χ1n) is 8.82. The third-order valence-electron chi connectivity index (χ3n) is 4.04. The van der Waals surface area contributed by atoms with Crippen molar-refractivity contribution in [3.8, 4) is 11.8 Å². The van der Waals surface area contributed by atoms with Crippen molar-refractivity contribution in [2.75, 3.05) is 13.1 Å². The average Bonchev–Trinajstić information content (AvgIpc) is 2.64. The van der Waals surface area contributed by atoms with E-state index in [1.165, 1.54) is 4.31 Å². The molecule has 4 nitrogen and oxygen atoms in total. The van der Waals surface area contributed by atoms with Crippen LogP contribution in [0.15, 0.2) is 65.1 Å². The lowest BCUT2D eigenvalue weighted by molar-refractivity contribution is 0.238. The third-order valence-corrected chi connectivity index (χ3v) is 6.12. The number of aliphatic hydroxyl groups is 1. The van der Waals surface area contributed by atoms with Crippen LogP contribution in [0.5, 0.6) is 0 Å². The largest absolute Gasteiger partial charge is 0.376 e. The van der Waals surface area contributed by atoms with Crippen molar-refractivity contribution in [2.45, 2.75) is 31.8 Å². The normalized spacial score (nSPS) is 12.2. The fourth-order valence-corrected chi connectivity index (χ4v) is 3.76. The minimum Gasteiger partial charge on any atom is -0.376 e. The summed E-state index contributed by atoms with van der Waals surface area (Å²) in [7, 11) is -3.69. The maximum atomic E-state index is 13.0. The molecule has 0 fully saturated rings. The van der Waals surface area contributed by atoms with Crippen LogP contribution in [0.1, 0.15) is 31.1 Å². The summed E-state index contributed by atoms with van der Waals surface area (Å²) in [5.74, 6) is 5.50. The summed E-state index contributed by atoms with van der Waals surface area (Å²) in [6.07, 6.45) is 0.827. The van der Waals surface area contributed by atoms with Crippen molar-refractivity contribution in [1.29, 1.82) is 0 Å². The summed E-state index contributed by atoms with van der Waals surface area (Å²) in [6.45, 7) is 5.91. The number of hydrogen-bond acceptors (Lipinski definition) is 3. The van der Waals surface area contributed by atoms with Gasteiger partial charge in [-0.3, -0.25) is 0 Å². The molecule has 148 valence electrons. The van der Waals surface area contributed by atoms with Gasteiger partial charge in [0.2, 0.25) is 10.0 Å². The molecule has 2 aromatic rings. The van der Waals surface area contributed by atoms with Crippen LogP contribution in [0, 0.1) is 18.8 Å². The minimum atomic E-state index is -3.69. The number of sulfonamides is 1. The van der Waals surface area contributed by atoms with Crippen molar-refractivity contribution in [1.82, 2.24) is 4.31 Å². The van der Waals surface area contributed by atoms with E-state index < -0.39 is 16.1 Å². The molecule has 0 saturated heterocycles. The Morgan fingerprint density at radius 3 is 2.32 bits per heavy atom. The van der Waals surface area contributed by atoms with Gasteiger partial charge < -0.3 is 5.11 Å². The molecule has 0 aliphatic carbocycles. The first kappa shape index (κ1) is 22.2. The third kappa shape index (κ3) is 6.22. The molecule has 0 radical (unpaired) electrons. The van der Waals surface area contributed by atoms with E-state index in [4.69, 9.17) is 11.6 Å². The van der Waals surface area contributed by atoms with E-state index in [1.807, 2.05) is 26.8 Å². The van der Waals surface area contributed by atoms with E-state index in [9.17, 15) is 13.5 Å². The standard InChI is InChI=1S/C22H24ClNO3S/c1-17(2)14-16-24(28(26,27)21-12-6-18(3)7-13-21)15-4-5-22(25)19-8-10-20(23)11-9-19/h6-14,22,25H,15-16H2,1-3H3. The molecule has 6 heteroatoms. The van der Waals surface area contributed by atoms with Crippen LogP contribution in [0.4, 0.5) is 0 Å². The van der Waals surface area contributed by atoms with E-state index in [0.717, 1.165) is 11.1 Å². The van der Waals surface area contributed by atoms with Crippen LogP contribution in [-0.2, 0) is 10.0 Å². The first-order valence-corrected chi connectivity index (χ1v) is 10.6. The highest BCUT2D eigenvalue weighted by molar-refractivity contribution is 7.89. The van der Waals surface area contributed by atoms with Crippen LogP contribution in [0.2, 0.25) is 5.02 Å². The molecule has 0 aliphatic heterocycles. The zero-order valence-electron chi connectivity index (χ0n) is 16.2. The number of aryl methyl sites for hydroxylation is 1. The zero-order valence-corrected chi connectivity index (χ0v) is 17.8. The van der Waals surface area contributed by atoms with Gasteiger partial charge in [-0.05, 0) is 50.6 Å². The molecule has 0 saturated carbocycles. The Labute approximate surface area is 172 Å². The molecule has 0 heterocycles. The quantitative estimate of drug-likeness (QED) is 0.561. The van der Waals surface area contributed by atoms with Gasteiger partial charge in [0.1, 0.15) is 6.10 Å². The van der Waals surface area contributed by atoms with Gasteiger partial charge in [0.15, 0.2) is 0 Å². The molecule has 28 heavy (non-hydrogen) atoms. The van der Waals surface area contributed by atoms with Crippen molar-refractivity contribution in [2.24, 2.45) is 0 Å². The number of halogens is 1. The number of benzene rings is 2. The van der Waals surface area contributed by atoms with Gasteiger partial charge in [0.25, 0.3) is 0 Å². The summed E-state index contributed by atoms with van der Waals surface area (Å²) >= 11 is 5.84. The van der Waals surface area contributed by atoms with E-state index in [1.54, 1.807) is 48.5 Å². The predicted octanol–water partition coefficient (Wildman–Crippen LogP) is 4.34. The van der Waals surface area contributed by atoms with E-state index in [0.29, 0.717) is 10.6 Å². The number of hydrogen-bond donors (Lipinski definition) is 1. The Hall–Kier alpha value is -2.10. The molecule has 0 spiro atoms. The first-order chi connectivity index (χ1) is 13.2. The Kier molecular flexibility index (Phi) is 7.85. The number of aliphatic hydroxyl groups excluding tert-OH is 1. The molecule has 2 aromatic carbocycles. The molecule has 1 atom stereocenters. The van der Waals surface area contributed by atoms with Crippen molar-refractivity contribution in [3.63, 3.8) is 0 Å². The highest BCUT2D eigenvalue weighted by Gasteiger charge is 2.22. The molecule has 0 bridgehead atoms. The van der Waals surface area contributed by atoms with Gasteiger partial charge >= 0.3 is 0 Å². The SMILES string of the molecule is CC(C)=CCN(CC#CC(O)c1ccc(Cl)cc1)S(=O)(=O)c1ccc(C)cc1. The van der Waals surface area contributed by atoms with Gasteiger partial charge in [-0.15, -0.1) is 0 Å². The zero-order chi connectivity index (χ0) is 20.7. The smallest absolute Gasteiger partial charge is 0.244 e. The maximum absolute atomic E-state index is 13.0. The second-order valence-electron chi connectivity index (χ2n) is 6.67. The second kappa shape index (κ2) is 9.90. The highest BCUT2D eigenvalue weighted by atomic mass is 35.5. The molecule has 0 aliphatic rings. The molecular weight excluding hydrogens is 394 g/mol. The van der Waals surface area contributed by atoms with Crippen molar-refractivity contribution >= 4 is 21.6 Å². The highest BCUT2D eigenvalue weighted by Crippen LogP contribution is 2.18. The van der Waals surface area contributed by atoms with Crippen LogP contribution < -0.4 is 0 Å². The number of allylic oxidation sites excluding steroid dienone is 1. The lowest BCUT2D eigenvalue weighted by atomic mass is 10.1. The average molecular weight is 418 g/mol. The van der Waals surface area contributed by atoms with Gasteiger partial charge in [0.05, 0.1) is 11.4 Å². The molecular formula is C22H24ClNO3S. The summed E-state index contributed by atoms with van der Waals surface area (Å²) in [4.78, 5) is 0.223. The van der Waals surface area contributed by atoms with Gasteiger partial charge in [-0.25, -0.2) is 8.42 Å². The molecule has 0 amide bonds. The lowest BCUT2D eigenvalue weighted by Gasteiger charge is -2.19. The maximum Gasteiger partial charge on any atom is 0.244 e. The molecule has 2 rings (SSSR count). The van der Waals surface area contributed by atoms with E-state index in [2.05, 4.69) is 11.8 Å². The Morgan fingerprint density at radius 1 is 1.14 bits per heavy atom. The molecule has 0 aromatic heterocycles. The van der Waals surface area contributed by atoms with Crippen molar-refractivity contribution < 1.29 is 13.5 Å².